The molecular weight excluding hydrogens is 317 g/mol. The molecule has 1 heterocycles. The average molecular weight is 326 g/mol. The number of nitrogens with one attached hydrogen (secondary N) is 1. The van der Waals surface area contributed by atoms with Crippen molar-refractivity contribution in [1.29, 1.82) is 0 Å². The van der Waals surface area contributed by atoms with Gasteiger partial charge in [-0.15, -0.1) is 0 Å². The number of rotatable bonds is 3. The van der Waals surface area contributed by atoms with Crippen molar-refractivity contribution >= 4 is 44.6 Å². The molecule has 0 bridgehead atoms. The van der Waals surface area contributed by atoms with Crippen LogP contribution in [0.3, 0.4) is 0 Å². The number of anilines is 2. The fourth-order valence-electron chi connectivity index (χ4n) is 1.36. The van der Waals surface area contributed by atoms with Crippen LogP contribution in [0.15, 0.2) is 40.9 Å². The fourth-order valence-corrected chi connectivity index (χ4v) is 1.86. The molecule has 0 aliphatic rings. The van der Waals surface area contributed by atoms with Gasteiger partial charge in [-0.2, -0.15) is 0 Å². The lowest BCUT2D eigenvalue weighted by molar-refractivity contribution is 0.621. The Balaban J connectivity index is 2.25. The van der Waals surface area contributed by atoms with E-state index in [1.54, 1.807) is 30.3 Å². The van der Waals surface area contributed by atoms with Gasteiger partial charge < -0.3 is 11.1 Å². The van der Waals surface area contributed by atoms with E-state index in [4.69, 9.17) is 18.0 Å². The number of nitrogens with two attached hydrogens (primary N) is 1. The number of pyridine rings is 1. The van der Waals surface area contributed by atoms with E-state index in [2.05, 4.69) is 26.2 Å². The number of thiocarbonyl (C=S) groups is 1. The first-order chi connectivity index (χ1) is 8.56. The van der Waals surface area contributed by atoms with Gasteiger partial charge in [0.2, 0.25) is 0 Å². The third-order valence-corrected chi connectivity index (χ3v) is 3.01. The molecule has 1 aromatic heterocycles. The lowest BCUT2D eigenvalue weighted by Crippen LogP contribution is -2.12. The smallest absolute Gasteiger partial charge is 0.137 e. The number of nitrogens with zero attached hydrogens (tertiary/aromatic N) is 1. The van der Waals surface area contributed by atoms with Crippen molar-refractivity contribution in [2.24, 2.45) is 5.73 Å². The summed E-state index contributed by atoms with van der Waals surface area (Å²) in [4.78, 5) is 4.47. The summed E-state index contributed by atoms with van der Waals surface area (Å²) >= 11 is 7.98. The normalized spacial score (nSPS) is 10.1. The monoisotopic (exact) mass is 325 g/mol. The molecule has 3 nitrogen and oxygen atoms in total. The molecule has 1 aromatic carbocycles. The Morgan fingerprint density at radius 3 is 2.78 bits per heavy atom. The molecule has 0 radical (unpaired) electrons. The maximum Gasteiger partial charge on any atom is 0.137 e. The van der Waals surface area contributed by atoms with Crippen LogP contribution in [0.2, 0.25) is 0 Å². The minimum atomic E-state index is -0.314. The molecular formula is C12H9BrFN3S. The highest BCUT2D eigenvalue weighted by atomic mass is 79.9. The molecule has 18 heavy (non-hydrogen) atoms. The maximum atomic E-state index is 13.1. The SMILES string of the molecule is NC(=S)c1cccc(Nc2ccc(F)c(Br)c2)n1. The zero-order valence-electron chi connectivity index (χ0n) is 9.15. The third kappa shape index (κ3) is 3.02. The average Bonchev–Trinajstić information content (AvgIpc) is 2.34. The molecule has 2 rings (SSSR count). The quantitative estimate of drug-likeness (QED) is 0.849. The predicted molar refractivity (Wildman–Crippen MR) is 77.5 cm³/mol. The van der Waals surface area contributed by atoms with E-state index in [0.29, 0.717) is 16.0 Å². The van der Waals surface area contributed by atoms with E-state index < -0.39 is 0 Å². The second kappa shape index (κ2) is 5.41. The summed E-state index contributed by atoms with van der Waals surface area (Å²) in [5.74, 6) is 0.282. The number of benzene rings is 1. The lowest BCUT2D eigenvalue weighted by Gasteiger charge is -2.07. The summed E-state index contributed by atoms with van der Waals surface area (Å²) in [7, 11) is 0. The van der Waals surface area contributed by atoms with Crippen molar-refractivity contribution in [3.63, 3.8) is 0 Å². The van der Waals surface area contributed by atoms with Crippen LogP contribution in [-0.4, -0.2) is 9.97 Å². The number of hydrogen-bond donors (Lipinski definition) is 2. The molecule has 0 fully saturated rings. The van der Waals surface area contributed by atoms with Crippen LogP contribution >= 0.6 is 28.1 Å². The van der Waals surface area contributed by atoms with Gasteiger partial charge in [0.05, 0.1) is 10.2 Å². The van der Waals surface area contributed by atoms with Gasteiger partial charge in [0.15, 0.2) is 0 Å². The van der Waals surface area contributed by atoms with Gasteiger partial charge in [-0.25, -0.2) is 9.37 Å². The topological polar surface area (TPSA) is 50.9 Å². The third-order valence-electron chi connectivity index (χ3n) is 2.19. The first-order valence-corrected chi connectivity index (χ1v) is 6.25. The molecule has 0 aliphatic carbocycles. The maximum absolute atomic E-state index is 13.1. The van der Waals surface area contributed by atoms with Crippen LogP contribution in [0.5, 0.6) is 0 Å². The van der Waals surface area contributed by atoms with Crippen LogP contribution in [0, 0.1) is 5.82 Å². The summed E-state index contributed by atoms with van der Waals surface area (Å²) < 4.78 is 13.5. The van der Waals surface area contributed by atoms with Crippen molar-refractivity contribution in [2.75, 3.05) is 5.32 Å². The summed E-state index contributed by atoms with van der Waals surface area (Å²) in [6.07, 6.45) is 0. The van der Waals surface area contributed by atoms with Gasteiger partial charge in [0, 0.05) is 5.69 Å². The number of hydrogen-bond acceptors (Lipinski definition) is 3. The van der Waals surface area contributed by atoms with Gasteiger partial charge in [-0.05, 0) is 46.3 Å². The second-order valence-corrected chi connectivity index (χ2v) is 4.82. The molecule has 0 atom stereocenters. The molecule has 0 saturated carbocycles. The Kier molecular flexibility index (Phi) is 3.88. The van der Waals surface area contributed by atoms with Gasteiger partial charge >= 0.3 is 0 Å². The van der Waals surface area contributed by atoms with Crippen molar-refractivity contribution < 1.29 is 4.39 Å². The zero-order valence-corrected chi connectivity index (χ0v) is 11.6. The highest BCUT2D eigenvalue weighted by Gasteiger charge is 2.03. The largest absolute Gasteiger partial charge is 0.388 e. The van der Waals surface area contributed by atoms with Crippen molar-refractivity contribution in [2.45, 2.75) is 0 Å². The molecule has 0 unspecified atom stereocenters. The van der Waals surface area contributed by atoms with Crippen LogP contribution < -0.4 is 11.1 Å². The fraction of sp³-hybridized carbons (Fsp3) is 0. The van der Waals surface area contributed by atoms with Crippen molar-refractivity contribution in [3.8, 4) is 0 Å². The molecule has 0 aliphatic heterocycles. The molecule has 92 valence electrons. The van der Waals surface area contributed by atoms with E-state index in [-0.39, 0.29) is 10.8 Å². The van der Waals surface area contributed by atoms with Crippen molar-refractivity contribution in [1.82, 2.24) is 4.98 Å². The molecule has 6 heteroatoms. The molecule has 0 saturated heterocycles. The van der Waals surface area contributed by atoms with Crippen LogP contribution in [-0.2, 0) is 0 Å². The lowest BCUT2D eigenvalue weighted by atomic mass is 10.3. The highest BCUT2D eigenvalue weighted by Crippen LogP contribution is 2.22. The number of halogens is 2. The minimum absolute atomic E-state index is 0.235. The van der Waals surface area contributed by atoms with Crippen LogP contribution in [0.1, 0.15) is 5.69 Å². The Morgan fingerprint density at radius 1 is 1.33 bits per heavy atom. The Bertz CT molecular complexity index is 604. The predicted octanol–water partition coefficient (Wildman–Crippen LogP) is 3.36. The van der Waals surface area contributed by atoms with Gasteiger partial charge in [-0.1, -0.05) is 18.3 Å². The molecule has 0 spiro atoms. The Labute approximate surface area is 117 Å². The zero-order chi connectivity index (χ0) is 13.1. The summed E-state index contributed by atoms with van der Waals surface area (Å²) in [5, 5.41) is 3.04. The molecule has 0 amide bonds. The van der Waals surface area contributed by atoms with Gasteiger partial charge in [-0.3, -0.25) is 0 Å². The van der Waals surface area contributed by atoms with Gasteiger partial charge in [0.25, 0.3) is 0 Å². The highest BCUT2D eigenvalue weighted by molar-refractivity contribution is 9.10. The molecule has 2 aromatic rings. The van der Waals surface area contributed by atoms with E-state index in [1.165, 1.54) is 6.07 Å². The van der Waals surface area contributed by atoms with Crippen molar-refractivity contribution in [3.05, 3.63) is 52.4 Å². The van der Waals surface area contributed by atoms with Crippen LogP contribution in [0.4, 0.5) is 15.9 Å². The Morgan fingerprint density at radius 2 is 2.11 bits per heavy atom. The number of aromatic nitrogens is 1. The van der Waals surface area contributed by atoms with E-state index in [9.17, 15) is 4.39 Å². The second-order valence-electron chi connectivity index (χ2n) is 3.53. The molecule has 3 N–H and O–H groups in total. The summed E-state index contributed by atoms with van der Waals surface area (Å²) in [6, 6.07) is 9.92. The minimum Gasteiger partial charge on any atom is -0.388 e. The standard InChI is InChI=1S/C12H9BrFN3S/c13-8-6-7(4-5-9(8)14)16-11-3-1-2-10(17-11)12(15)18/h1-6H,(H2,15,18)(H,16,17). The summed E-state index contributed by atoms with van der Waals surface area (Å²) in [6.45, 7) is 0. The van der Waals surface area contributed by atoms with E-state index >= 15 is 0 Å². The Hall–Kier alpha value is -1.53. The first-order valence-electron chi connectivity index (χ1n) is 5.05. The van der Waals surface area contributed by atoms with Gasteiger partial charge in [0.1, 0.15) is 16.6 Å². The summed E-state index contributed by atoms with van der Waals surface area (Å²) in [5.41, 5.74) is 6.76. The van der Waals surface area contributed by atoms with E-state index in [0.717, 1.165) is 5.69 Å². The van der Waals surface area contributed by atoms with E-state index in [1.807, 2.05) is 0 Å². The first kappa shape index (κ1) is 12.9. The van der Waals surface area contributed by atoms with Crippen LogP contribution in [0.25, 0.3) is 0 Å².